The monoisotopic (exact) mass is 519 g/mol. The number of halogens is 8. The van der Waals surface area contributed by atoms with Crippen LogP contribution in [0.25, 0.3) is 17.6 Å². The van der Waals surface area contributed by atoms with E-state index in [9.17, 15) is 42.2 Å². The molecule has 2 aromatic rings. The van der Waals surface area contributed by atoms with E-state index in [1.807, 2.05) is 0 Å². The van der Waals surface area contributed by atoms with E-state index in [2.05, 4.69) is 10.1 Å². The predicted molar refractivity (Wildman–Crippen MR) is 105 cm³/mol. The van der Waals surface area contributed by atoms with Gasteiger partial charge in [-0.05, 0) is 31.0 Å². The third kappa shape index (κ3) is 5.91. The topological polar surface area (TPSA) is 94.1 Å². The zero-order valence-electron chi connectivity index (χ0n) is 17.0. The van der Waals surface area contributed by atoms with Crippen molar-refractivity contribution in [3.63, 3.8) is 0 Å². The number of alkyl halides is 3. The molecule has 188 valence electrons. The summed E-state index contributed by atoms with van der Waals surface area (Å²) in [5, 5.41) is 3.97. The van der Waals surface area contributed by atoms with Crippen LogP contribution in [0.2, 0.25) is 0 Å². The SMILES string of the molecule is NN(C(=O)/C=C\n1cnc(-c2cc(C(F)(F)F)cc(S(F)(F)(F)(F)F)c2)n1)C(=O)C1CCCC1. The Morgan fingerprint density at radius 2 is 1.71 bits per heavy atom. The highest BCUT2D eigenvalue weighted by atomic mass is 32.5. The van der Waals surface area contributed by atoms with E-state index in [1.54, 1.807) is 0 Å². The molecular weight excluding hydrogens is 502 g/mol. The minimum absolute atomic E-state index is 0.184. The molecule has 0 saturated heterocycles. The van der Waals surface area contributed by atoms with Gasteiger partial charge in [0.15, 0.2) is 5.82 Å². The molecule has 1 fully saturated rings. The van der Waals surface area contributed by atoms with Crippen molar-refractivity contribution in [2.75, 3.05) is 0 Å². The number of hydrazine groups is 1. The maximum Gasteiger partial charge on any atom is 0.416 e. The Morgan fingerprint density at radius 1 is 1.09 bits per heavy atom. The second-order valence-corrected chi connectivity index (χ2v) is 10.0. The van der Waals surface area contributed by atoms with Gasteiger partial charge in [-0.15, -0.1) is 5.10 Å². The molecule has 0 atom stereocenters. The van der Waals surface area contributed by atoms with E-state index in [0.717, 1.165) is 36.1 Å². The quantitative estimate of drug-likeness (QED) is 0.185. The van der Waals surface area contributed by atoms with Gasteiger partial charge in [0.05, 0.1) is 5.56 Å². The number of hydrogen-bond acceptors (Lipinski definition) is 5. The van der Waals surface area contributed by atoms with Gasteiger partial charge >= 0.3 is 16.4 Å². The lowest BCUT2D eigenvalue weighted by atomic mass is 10.1. The third-order valence-corrected chi connectivity index (χ3v) is 6.12. The summed E-state index contributed by atoms with van der Waals surface area (Å²) in [5.74, 6) is 2.79. The van der Waals surface area contributed by atoms with Crippen molar-refractivity contribution >= 4 is 28.2 Å². The van der Waals surface area contributed by atoms with Crippen molar-refractivity contribution in [3.8, 4) is 11.4 Å². The van der Waals surface area contributed by atoms with Crippen LogP contribution in [-0.4, -0.2) is 31.6 Å². The molecule has 2 N–H and O–H groups in total. The molecule has 0 unspecified atom stereocenters. The Bertz CT molecular complexity index is 1150. The van der Waals surface area contributed by atoms with Crippen molar-refractivity contribution in [1.29, 1.82) is 0 Å². The van der Waals surface area contributed by atoms with Crippen molar-refractivity contribution in [2.45, 2.75) is 36.8 Å². The molecule has 2 amide bonds. The fourth-order valence-corrected chi connectivity index (χ4v) is 3.99. The van der Waals surface area contributed by atoms with Crippen LogP contribution < -0.4 is 5.84 Å². The van der Waals surface area contributed by atoms with Crippen molar-refractivity contribution in [1.82, 2.24) is 19.8 Å². The van der Waals surface area contributed by atoms with Crippen LogP contribution >= 0.6 is 10.2 Å². The van der Waals surface area contributed by atoms with Crippen molar-refractivity contribution in [2.24, 2.45) is 11.8 Å². The molecule has 0 radical (unpaired) electrons. The second kappa shape index (κ2) is 7.76. The van der Waals surface area contributed by atoms with Gasteiger partial charge in [-0.25, -0.2) is 20.5 Å². The molecule has 16 heteroatoms. The number of carbonyl (C=O) groups is 2. The van der Waals surface area contributed by atoms with E-state index < -0.39 is 62.0 Å². The molecule has 1 heterocycles. The van der Waals surface area contributed by atoms with Crippen LogP contribution in [0.5, 0.6) is 0 Å². The van der Waals surface area contributed by atoms with Gasteiger partial charge in [-0.1, -0.05) is 32.3 Å². The number of hydrogen-bond donors (Lipinski definition) is 1. The van der Waals surface area contributed by atoms with Crippen LogP contribution in [0.15, 0.2) is 35.5 Å². The average molecular weight is 519 g/mol. The maximum absolute atomic E-state index is 13.2. The average Bonchev–Trinajstić information content (AvgIpc) is 3.40. The van der Waals surface area contributed by atoms with Gasteiger partial charge in [-0.2, -0.15) is 13.2 Å². The van der Waals surface area contributed by atoms with Crippen LogP contribution in [0.1, 0.15) is 31.2 Å². The molecule has 3 rings (SSSR count). The van der Waals surface area contributed by atoms with Crippen LogP contribution in [-0.2, 0) is 15.8 Å². The number of carbonyl (C=O) groups excluding carboxylic acids is 2. The number of imide groups is 1. The first kappa shape index (κ1) is 25.6. The van der Waals surface area contributed by atoms with Crippen molar-refractivity contribution in [3.05, 3.63) is 36.2 Å². The zero-order valence-corrected chi connectivity index (χ0v) is 17.8. The van der Waals surface area contributed by atoms with E-state index in [4.69, 9.17) is 5.84 Å². The summed E-state index contributed by atoms with van der Waals surface area (Å²) in [6.07, 6.45) is -0.110. The van der Waals surface area contributed by atoms with E-state index in [0.29, 0.717) is 17.9 Å². The molecule has 1 aromatic heterocycles. The fourth-order valence-electron chi connectivity index (χ4n) is 3.29. The lowest BCUT2D eigenvalue weighted by Crippen LogP contribution is -2.44. The summed E-state index contributed by atoms with van der Waals surface area (Å²) in [7, 11) is -10.5. The first-order chi connectivity index (χ1) is 15.3. The highest BCUT2D eigenvalue weighted by Crippen LogP contribution is 3.02. The van der Waals surface area contributed by atoms with Gasteiger partial charge in [0.1, 0.15) is 11.2 Å². The normalized spacial score (nSPS) is 17.6. The van der Waals surface area contributed by atoms with Gasteiger partial charge in [0.2, 0.25) is 5.91 Å². The molecule has 7 nitrogen and oxygen atoms in total. The summed E-state index contributed by atoms with van der Waals surface area (Å²) < 4.78 is 106. The Kier molecular flexibility index (Phi) is 5.85. The Hall–Kier alpha value is -3.01. The highest BCUT2D eigenvalue weighted by Gasteiger charge is 2.66. The summed E-state index contributed by atoms with van der Waals surface area (Å²) in [5.41, 5.74) is -2.95. The number of benzene rings is 1. The first-order valence-electron chi connectivity index (χ1n) is 9.54. The summed E-state index contributed by atoms with van der Waals surface area (Å²) in [6.45, 7) is 0. The number of aromatic nitrogens is 3. The Morgan fingerprint density at radius 3 is 2.26 bits per heavy atom. The highest BCUT2D eigenvalue weighted by molar-refractivity contribution is 8.45. The van der Waals surface area contributed by atoms with Crippen LogP contribution in [0, 0.1) is 5.92 Å². The van der Waals surface area contributed by atoms with Crippen molar-refractivity contribution < 1.29 is 42.2 Å². The van der Waals surface area contributed by atoms with Gasteiger partial charge < -0.3 is 0 Å². The van der Waals surface area contributed by atoms with Gasteiger partial charge in [0, 0.05) is 23.8 Å². The smallest absolute Gasteiger partial charge is 0.273 e. The molecule has 0 spiro atoms. The summed E-state index contributed by atoms with van der Waals surface area (Å²) >= 11 is 0. The number of nitrogens with two attached hydrogens (primary N) is 1. The van der Waals surface area contributed by atoms with Gasteiger partial charge in [-0.3, -0.25) is 9.59 Å². The van der Waals surface area contributed by atoms with Crippen LogP contribution in [0.3, 0.4) is 0 Å². The largest absolute Gasteiger partial charge is 0.416 e. The molecule has 0 aliphatic heterocycles. The molecular formula is C18H17F8N5O2S. The fraction of sp³-hybridized carbons (Fsp3) is 0.333. The minimum Gasteiger partial charge on any atom is -0.273 e. The number of rotatable bonds is 5. The Labute approximate surface area is 186 Å². The predicted octanol–water partition coefficient (Wildman–Crippen LogP) is 5.51. The molecule has 1 aliphatic carbocycles. The summed E-state index contributed by atoms with van der Waals surface area (Å²) in [4.78, 5) is 25.0. The molecule has 0 bridgehead atoms. The first-order valence-corrected chi connectivity index (χ1v) is 11.5. The molecule has 1 saturated carbocycles. The minimum atomic E-state index is -10.5. The summed E-state index contributed by atoms with van der Waals surface area (Å²) in [6, 6.07) is -0.686. The maximum atomic E-state index is 13.2. The lowest BCUT2D eigenvalue weighted by Gasteiger charge is -2.40. The number of nitrogens with zero attached hydrogens (tertiary/aromatic N) is 4. The van der Waals surface area contributed by atoms with E-state index >= 15 is 0 Å². The second-order valence-electron chi connectivity index (χ2n) is 7.60. The number of amides is 2. The Balaban J connectivity index is 1.88. The van der Waals surface area contributed by atoms with E-state index in [1.165, 1.54) is 0 Å². The molecule has 1 aromatic carbocycles. The van der Waals surface area contributed by atoms with E-state index in [-0.39, 0.29) is 12.1 Å². The standard InChI is InChI=1S/C18H17F8N5O2S/c19-18(20,21)13-7-12(8-14(9-13)34(22,23,24,25)26)16-28-10-30(29-16)6-5-15(32)31(27)17(33)11-3-1-2-4-11/h5-11H,1-4,27H2/b6-5-. The molecule has 34 heavy (non-hydrogen) atoms. The van der Waals surface area contributed by atoms with Gasteiger partial charge in [0.25, 0.3) is 5.91 Å². The zero-order chi connectivity index (χ0) is 25.6. The lowest BCUT2D eigenvalue weighted by molar-refractivity contribution is -0.145. The van der Waals surface area contributed by atoms with Crippen LogP contribution in [0.4, 0.5) is 32.6 Å². The molecule has 1 aliphatic rings. The third-order valence-electron chi connectivity index (χ3n) is 5.00.